The highest BCUT2D eigenvalue weighted by Gasteiger charge is 1.76. The summed E-state index contributed by atoms with van der Waals surface area (Å²) < 4.78 is 0. The van der Waals surface area contributed by atoms with Gasteiger partial charge in [-0.1, -0.05) is 13.2 Å². The first-order valence-electron chi connectivity index (χ1n) is 6.02. The summed E-state index contributed by atoms with van der Waals surface area (Å²) in [7, 11) is 12.5. The van der Waals surface area contributed by atoms with Crippen molar-refractivity contribution in [2.24, 2.45) is 0 Å². The number of carbonyl (C=O) groups excluding carboxylic acids is 2. The molecule has 2 N–H and O–H groups in total. The van der Waals surface area contributed by atoms with E-state index in [1.807, 2.05) is 0 Å². The molecule has 0 aromatic rings. The minimum absolute atomic E-state index is 0.0648. The van der Waals surface area contributed by atoms with Gasteiger partial charge in [-0.25, -0.2) is 0 Å². The molecule has 0 aromatic carbocycles. The third-order valence-corrected chi connectivity index (χ3v) is 0.697. The van der Waals surface area contributed by atoms with Crippen molar-refractivity contribution in [2.45, 2.75) is 13.8 Å². The van der Waals surface area contributed by atoms with Crippen molar-refractivity contribution in [3.8, 4) is 0 Å². The molecule has 0 saturated carbocycles. The molecule has 0 bridgehead atoms. The third-order valence-electron chi connectivity index (χ3n) is 0.697. The van der Waals surface area contributed by atoms with Crippen molar-refractivity contribution in [2.75, 3.05) is 42.3 Å². The van der Waals surface area contributed by atoms with Crippen LogP contribution in [0.5, 0.6) is 0 Å². The summed E-state index contributed by atoms with van der Waals surface area (Å²) in [4.78, 5) is 21.8. The molecular formula is C14H30N2O4. The molecule has 6 heteroatoms. The third kappa shape index (κ3) is 95.7. The van der Waals surface area contributed by atoms with Gasteiger partial charge in [0.1, 0.15) is 0 Å². The molecule has 120 valence electrons. The maximum atomic E-state index is 9.49. The second kappa shape index (κ2) is 17.3. The molecule has 6 nitrogen and oxygen atoms in total. The van der Waals surface area contributed by atoms with Gasteiger partial charge in [0, 0.05) is 0 Å². The molecule has 0 aliphatic rings. The molecule has 0 amide bonds. The van der Waals surface area contributed by atoms with Gasteiger partial charge in [0.15, 0.2) is 0 Å². The van der Waals surface area contributed by atoms with Crippen LogP contribution in [-0.4, -0.2) is 54.2 Å². The number of hydrogen-bond donors (Lipinski definition) is 2. The molecule has 20 heavy (non-hydrogen) atoms. The Morgan fingerprint density at radius 2 is 0.750 bits per heavy atom. The van der Waals surface area contributed by atoms with Crippen LogP contribution in [0.1, 0.15) is 13.8 Å². The van der Waals surface area contributed by atoms with Crippen molar-refractivity contribution >= 4 is 11.9 Å². The van der Waals surface area contributed by atoms with E-state index in [1.54, 1.807) is 0 Å². The average molecular weight is 290 g/mol. The Morgan fingerprint density at radius 1 is 0.700 bits per heavy atom. The van der Waals surface area contributed by atoms with Crippen molar-refractivity contribution in [3.05, 3.63) is 24.3 Å². The molecule has 0 aliphatic heterocycles. The highest BCUT2D eigenvalue weighted by molar-refractivity contribution is 5.83. The first-order valence-corrected chi connectivity index (χ1v) is 6.02. The van der Waals surface area contributed by atoms with Gasteiger partial charge in [0.25, 0.3) is 0 Å². The van der Waals surface area contributed by atoms with Crippen molar-refractivity contribution in [3.63, 3.8) is 0 Å². The number of carboxylic acid groups (broad SMARTS) is 2. The van der Waals surface area contributed by atoms with Crippen molar-refractivity contribution in [1.29, 1.82) is 0 Å². The second-order valence-corrected chi connectivity index (χ2v) is 5.14. The van der Waals surface area contributed by atoms with E-state index in [9.17, 15) is 19.8 Å². The Bertz CT molecular complexity index is 238. The molecule has 0 heterocycles. The lowest BCUT2D eigenvalue weighted by Gasteiger charge is -1.93. The molecule has 0 atom stereocenters. The fourth-order valence-corrected chi connectivity index (χ4v) is 0. The number of nitrogens with one attached hydrogen (secondary N) is 2. The standard InChI is InChI=1S/2C4H6O2.2C3H9N/c2*1-3(2)4(5)6;2*1-4(2)3/h2*1H2,2H3,(H,5,6);2*1-3H3. The van der Waals surface area contributed by atoms with E-state index in [4.69, 9.17) is 0 Å². The monoisotopic (exact) mass is 290 g/mol. The molecule has 0 fully saturated rings. The summed E-state index contributed by atoms with van der Waals surface area (Å²) >= 11 is 0. The topological polar surface area (TPSA) is 89.1 Å². The Balaban J connectivity index is -0.0000000871. The maximum absolute atomic E-state index is 9.49. The fourth-order valence-electron chi connectivity index (χ4n) is 0. The van der Waals surface area contributed by atoms with Crippen LogP contribution < -0.4 is 20.0 Å². The van der Waals surface area contributed by atoms with Gasteiger partial charge in [-0.3, -0.25) is 0 Å². The molecule has 0 aliphatic carbocycles. The van der Waals surface area contributed by atoms with E-state index in [0.717, 1.165) is 0 Å². The summed E-state index contributed by atoms with van der Waals surface area (Å²) in [6.07, 6.45) is 0. The summed E-state index contributed by atoms with van der Waals surface area (Å²) in [5.41, 5.74) is 0.130. The number of carboxylic acids is 2. The second-order valence-electron chi connectivity index (χ2n) is 5.14. The van der Waals surface area contributed by atoms with E-state index in [2.05, 4.69) is 55.4 Å². The van der Waals surface area contributed by atoms with E-state index < -0.39 is 11.9 Å². The molecule has 0 saturated heterocycles. The van der Waals surface area contributed by atoms with Crippen LogP contribution >= 0.6 is 0 Å². The molecule has 0 spiro atoms. The smallest absolute Gasteiger partial charge is 0.0666 e. The van der Waals surface area contributed by atoms with Gasteiger partial charge in [-0.2, -0.15) is 0 Å². The SMILES string of the molecule is C=C(C)C(=O)[O-].C=C(C)C(=O)[O-].C[NH+](C)C.C[NH+](C)C. The van der Waals surface area contributed by atoms with Gasteiger partial charge in [-0.15, -0.1) is 0 Å². The lowest BCUT2D eigenvalue weighted by atomic mass is 10.4. The highest BCUT2D eigenvalue weighted by atomic mass is 16.4. The van der Waals surface area contributed by atoms with Gasteiger partial charge < -0.3 is 29.6 Å². The minimum Gasteiger partial charge on any atom is -0.545 e. The van der Waals surface area contributed by atoms with Crippen molar-refractivity contribution < 1.29 is 29.6 Å². The Morgan fingerprint density at radius 3 is 0.750 bits per heavy atom. The number of carbonyl (C=O) groups is 2. The summed E-state index contributed by atoms with van der Waals surface area (Å²) in [6, 6.07) is 0. The van der Waals surface area contributed by atoms with Crippen LogP contribution in [-0.2, 0) is 9.59 Å². The van der Waals surface area contributed by atoms with Crippen LogP contribution in [0.15, 0.2) is 24.3 Å². The summed E-state index contributed by atoms with van der Waals surface area (Å²) in [5.74, 6) is -2.37. The van der Waals surface area contributed by atoms with Crippen LogP contribution in [0.2, 0.25) is 0 Å². The lowest BCUT2D eigenvalue weighted by molar-refractivity contribution is -0.836. The predicted molar refractivity (Wildman–Crippen MR) is 77.1 cm³/mol. The Kier molecular flexibility index (Phi) is 23.2. The largest absolute Gasteiger partial charge is 0.545 e. The Labute approximate surface area is 123 Å². The number of quaternary nitrogens is 2. The number of hydrogen-bond acceptors (Lipinski definition) is 4. The van der Waals surface area contributed by atoms with Crippen LogP contribution in [0.3, 0.4) is 0 Å². The molecule has 0 unspecified atom stereocenters. The first-order chi connectivity index (χ1) is 8.75. The van der Waals surface area contributed by atoms with Crippen LogP contribution in [0, 0.1) is 0 Å². The summed E-state index contributed by atoms with van der Waals surface area (Å²) in [6.45, 7) is 8.95. The predicted octanol–water partition coefficient (Wildman–Crippen LogP) is -3.85. The van der Waals surface area contributed by atoms with E-state index in [1.165, 1.54) is 23.6 Å². The zero-order valence-electron chi connectivity index (χ0n) is 14.0. The zero-order valence-corrected chi connectivity index (χ0v) is 14.0. The normalized spacial score (nSPS) is 8.10. The number of aliphatic carboxylic acids is 2. The van der Waals surface area contributed by atoms with Crippen LogP contribution in [0.4, 0.5) is 0 Å². The quantitative estimate of drug-likeness (QED) is 0.510. The van der Waals surface area contributed by atoms with Gasteiger partial charge in [0.05, 0.1) is 54.2 Å². The fraction of sp³-hybridized carbons (Fsp3) is 0.571. The Hall–Kier alpha value is -1.66. The molecule has 0 aromatic heterocycles. The average Bonchev–Trinajstić information content (AvgIpc) is 2.15. The molecule has 0 rings (SSSR count). The van der Waals surface area contributed by atoms with Gasteiger partial charge >= 0.3 is 0 Å². The zero-order chi connectivity index (χ0) is 17.5. The maximum Gasteiger partial charge on any atom is 0.0666 e. The summed E-state index contributed by atoms with van der Waals surface area (Å²) in [5, 5.41) is 19.0. The van der Waals surface area contributed by atoms with Gasteiger partial charge in [-0.05, 0) is 25.0 Å². The van der Waals surface area contributed by atoms with Crippen LogP contribution in [0.25, 0.3) is 0 Å². The van der Waals surface area contributed by atoms with E-state index >= 15 is 0 Å². The molecular weight excluding hydrogens is 260 g/mol. The first kappa shape index (κ1) is 26.8. The number of rotatable bonds is 2. The van der Waals surface area contributed by atoms with Crippen molar-refractivity contribution in [1.82, 2.24) is 0 Å². The lowest BCUT2D eigenvalue weighted by Crippen LogP contribution is -3.02. The van der Waals surface area contributed by atoms with E-state index in [-0.39, 0.29) is 11.1 Å². The highest BCUT2D eigenvalue weighted by Crippen LogP contribution is 1.77. The minimum atomic E-state index is -1.19. The van der Waals surface area contributed by atoms with Gasteiger partial charge in [0.2, 0.25) is 0 Å². The van der Waals surface area contributed by atoms with E-state index in [0.29, 0.717) is 0 Å². The molecule has 0 radical (unpaired) electrons.